The predicted molar refractivity (Wildman–Crippen MR) is 76.3 cm³/mol. The zero-order valence-electron chi connectivity index (χ0n) is 9.87. The molecule has 0 unspecified atom stereocenters. The van der Waals surface area contributed by atoms with Crippen molar-refractivity contribution in [2.75, 3.05) is 11.9 Å². The molecule has 0 aliphatic carbocycles. The fourth-order valence-electron chi connectivity index (χ4n) is 1.59. The van der Waals surface area contributed by atoms with E-state index in [0.717, 1.165) is 11.4 Å². The van der Waals surface area contributed by atoms with E-state index in [1.165, 1.54) is 0 Å². The molecule has 0 atom stereocenters. The van der Waals surface area contributed by atoms with Gasteiger partial charge in [-0.25, -0.2) is 0 Å². The van der Waals surface area contributed by atoms with Gasteiger partial charge in [0.15, 0.2) is 0 Å². The van der Waals surface area contributed by atoms with Gasteiger partial charge >= 0.3 is 0 Å². The number of rotatable bonds is 3. The molecule has 0 saturated heterocycles. The maximum atomic E-state index is 9.26. The van der Waals surface area contributed by atoms with Gasteiger partial charge in [-0.05, 0) is 36.4 Å². The molecule has 0 spiro atoms. The lowest BCUT2D eigenvalue weighted by atomic mass is 10.2. The Hall–Kier alpha value is -2.14. The molecule has 1 heterocycles. The lowest BCUT2D eigenvalue weighted by Gasteiger charge is -2.19. The van der Waals surface area contributed by atoms with E-state index < -0.39 is 0 Å². The Morgan fingerprint density at radius 2 is 1.89 bits per heavy atom. The van der Waals surface area contributed by atoms with Gasteiger partial charge in [-0.3, -0.25) is 4.98 Å². The minimum Gasteiger partial charge on any atom is -0.508 e. The van der Waals surface area contributed by atoms with Crippen LogP contribution in [0.3, 0.4) is 0 Å². The molecular formula is C13H13N3OS. The topological polar surface area (TPSA) is 62.4 Å². The summed E-state index contributed by atoms with van der Waals surface area (Å²) in [5.74, 6) is 0.241. The van der Waals surface area contributed by atoms with Gasteiger partial charge in [0.05, 0.1) is 5.69 Å². The second-order valence-corrected chi connectivity index (χ2v) is 4.28. The number of phenolic OH excluding ortho intramolecular Hbond substituents is 1. The number of thiocarbonyl (C=S) groups is 1. The van der Waals surface area contributed by atoms with Gasteiger partial charge in [-0.1, -0.05) is 12.2 Å². The van der Waals surface area contributed by atoms with E-state index in [4.69, 9.17) is 18.0 Å². The summed E-state index contributed by atoms with van der Waals surface area (Å²) in [7, 11) is 1.92. The third kappa shape index (κ3) is 2.57. The highest BCUT2D eigenvalue weighted by molar-refractivity contribution is 7.80. The Bertz CT molecular complexity index is 569. The van der Waals surface area contributed by atoms with Gasteiger partial charge in [0.25, 0.3) is 0 Å². The van der Waals surface area contributed by atoms with Crippen molar-refractivity contribution in [1.29, 1.82) is 0 Å². The van der Waals surface area contributed by atoms with Crippen molar-refractivity contribution in [2.45, 2.75) is 0 Å². The van der Waals surface area contributed by atoms with Gasteiger partial charge in [0.1, 0.15) is 10.7 Å². The number of nitrogens with two attached hydrogens (primary N) is 1. The Morgan fingerprint density at radius 3 is 2.50 bits per heavy atom. The number of nitrogens with zero attached hydrogens (tertiary/aromatic N) is 2. The first-order valence-electron chi connectivity index (χ1n) is 5.36. The van der Waals surface area contributed by atoms with Crippen LogP contribution in [0.1, 0.15) is 5.69 Å². The molecule has 0 saturated carbocycles. The highest BCUT2D eigenvalue weighted by Crippen LogP contribution is 2.25. The quantitative estimate of drug-likeness (QED) is 0.827. The summed E-state index contributed by atoms with van der Waals surface area (Å²) in [6, 6.07) is 10.6. The standard InChI is InChI=1S/C13H13N3OS/c1-16(9-2-4-11(17)5-3-9)10-6-7-15-12(8-10)13(14)18/h2-8,17H,1H3,(H2,14,18). The van der Waals surface area contributed by atoms with E-state index in [2.05, 4.69) is 4.98 Å². The van der Waals surface area contributed by atoms with Crippen LogP contribution in [0.5, 0.6) is 5.75 Å². The molecule has 2 aromatic rings. The summed E-state index contributed by atoms with van der Waals surface area (Å²) in [6.45, 7) is 0. The predicted octanol–water partition coefficient (Wildman–Crippen LogP) is 2.19. The molecule has 18 heavy (non-hydrogen) atoms. The van der Waals surface area contributed by atoms with Crippen molar-refractivity contribution in [3.8, 4) is 5.75 Å². The van der Waals surface area contributed by atoms with Crippen LogP contribution in [0, 0.1) is 0 Å². The molecule has 4 nitrogen and oxygen atoms in total. The zero-order chi connectivity index (χ0) is 13.1. The average molecular weight is 259 g/mol. The zero-order valence-corrected chi connectivity index (χ0v) is 10.7. The van der Waals surface area contributed by atoms with Crippen LogP contribution in [-0.4, -0.2) is 22.1 Å². The number of phenols is 1. The maximum absolute atomic E-state index is 9.26. The van der Waals surface area contributed by atoms with Crippen LogP contribution < -0.4 is 10.6 Å². The number of aromatic nitrogens is 1. The number of pyridine rings is 1. The van der Waals surface area contributed by atoms with Crippen molar-refractivity contribution in [3.05, 3.63) is 48.3 Å². The smallest absolute Gasteiger partial charge is 0.122 e. The molecule has 0 aliphatic rings. The highest BCUT2D eigenvalue weighted by Gasteiger charge is 2.06. The fourth-order valence-corrected chi connectivity index (χ4v) is 1.70. The Morgan fingerprint density at radius 1 is 1.22 bits per heavy atom. The molecule has 2 rings (SSSR count). The molecule has 0 fully saturated rings. The molecule has 1 aromatic heterocycles. The minimum atomic E-state index is 0.241. The summed E-state index contributed by atoms with van der Waals surface area (Å²) in [5.41, 5.74) is 8.03. The highest BCUT2D eigenvalue weighted by atomic mass is 32.1. The Balaban J connectivity index is 2.33. The minimum absolute atomic E-state index is 0.241. The van der Waals surface area contributed by atoms with Gasteiger partial charge in [-0.15, -0.1) is 0 Å². The average Bonchev–Trinajstić information content (AvgIpc) is 2.39. The van der Waals surface area contributed by atoms with Gasteiger partial charge in [-0.2, -0.15) is 0 Å². The second-order valence-electron chi connectivity index (χ2n) is 3.84. The first-order valence-corrected chi connectivity index (χ1v) is 5.77. The first-order chi connectivity index (χ1) is 8.58. The van der Waals surface area contributed by atoms with Crippen molar-refractivity contribution < 1.29 is 5.11 Å². The van der Waals surface area contributed by atoms with E-state index in [9.17, 15) is 5.11 Å². The van der Waals surface area contributed by atoms with Gasteiger partial charge in [0.2, 0.25) is 0 Å². The number of anilines is 2. The second kappa shape index (κ2) is 5.01. The first kappa shape index (κ1) is 12.3. The summed E-state index contributed by atoms with van der Waals surface area (Å²) in [4.78, 5) is 6.33. The molecule has 3 N–H and O–H groups in total. The normalized spacial score (nSPS) is 10.1. The molecule has 1 aromatic carbocycles. The lowest BCUT2D eigenvalue weighted by Crippen LogP contribution is -2.14. The van der Waals surface area contributed by atoms with E-state index in [-0.39, 0.29) is 10.7 Å². The van der Waals surface area contributed by atoms with Crippen molar-refractivity contribution in [2.24, 2.45) is 5.73 Å². The van der Waals surface area contributed by atoms with E-state index in [0.29, 0.717) is 5.69 Å². The molecule has 0 radical (unpaired) electrons. The van der Waals surface area contributed by atoms with Crippen molar-refractivity contribution >= 4 is 28.6 Å². The van der Waals surface area contributed by atoms with Gasteiger partial charge in [0, 0.05) is 24.6 Å². The third-order valence-corrected chi connectivity index (χ3v) is 2.83. The van der Waals surface area contributed by atoms with Crippen LogP contribution in [0.25, 0.3) is 0 Å². The maximum Gasteiger partial charge on any atom is 0.122 e. The molecule has 92 valence electrons. The monoisotopic (exact) mass is 259 g/mol. The summed E-state index contributed by atoms with van der Waals surface area (Å²) < 4.78 is 0. The SMILES string of the molecule is CN(c1ccc(O)cc1)c1ccnc(C(N)=S)c1. The summed E-state index contributed by atoms with van der Waals surface area (Å²) in [6.07, 6.45) is 1.67. The van der Waals surface area contributed by atoms with Gasteiger partial charge < -0.3 is 15.7 Å². The van der Waals surface area contributed by atoms with Crippen LogP contribution in [0.4, 0.5) is 11.4 Å². The van der Waals surface area contributed by atoms with Crippen molar-refractivity contribution in [1.82, 2.24) is 4.98 Å². The number of benzene rings is 1. The summed E-state index contributed by atoms with van der Waals surface area (Å²) >= 11 is 4.91. The molecule has 0 aliphatic heterocycles. The summed E-state index contributed by atoms with van der Waals surface area (Å²) in [5, 5.41) is 9.26. The van der Waals surface area contributed by atoms with Crippen LogP contribution in [0.2, 0.25) is 0 Å². The van der Waals surface area contributed by atoms with E-state index in [1.54, 1.807) is 18.3 Å². The largest absolute Gasteiger partial charge is 0.508 e. The van der Waals surface area contributed by atoms with Crippen LogP contribution >= 0.6 is 12.2 Å². The number of hydrogen-bond acceptors (Lipinski definition) is 4. The van der Waals surface area contributed by atoms with Crippen LogP contribution in [-0.2, 0) is 0 Å². The van der Waals surface area contributed by atoms with Crippen molar-refractivity contribution in [3.63, 3.8) is 0 Å². The Labute approximate surface area is 111 Å². The molecule has 0 amide bonds. The molecule has 0 bridgehead atoms. The van der Waals surface area contributed by atoms with E-state index >= 15 is 0 Å². The molecular weight excluding hydrogens is 246 g/mol. The number of hydrogen-bond donors (Lipinski definition) is 2. The lowest BCUT2D eigenvalue weighted by molar-refractivity contribution is 0.475. The number of aromatic hydroxyl groups is 1. The third-order valence-electron chi connectivity index (χ3n) is 2.62. The molecule has 5 heteroatoms. The van der Waals surface area contributed by atoms with Crippen LogP contribution in [0.15, 0.2) is 42.6 Å². The Kier molecular flexibility index (Phi) is 3.43. The van der Waals surface area contributed by atoms with E-state index in [1.807, 2.05) is 36.2 Å². The fraction of sp³-hybridized carbons (Fsp3) is 0.0769.